The number of hydrogen-bond donors (Lipinski definition) is 2. The van der Waals surface area contributed by atoms with Crippen molar-refractivity contribution in [2.24, 2.45) is 0 Å². The summed E-state index contributed by atoms with van der Waals surface area (Å²) in [5.41, 5.74) is 6.54. The minimum Gasteiger partial charge on any atom is -0.358 e. The van der Waals surface area contributed by atoms with Crippen LogP contribution in [0.2, 0.25) is 0 Å². The summed E-state index contributed by atoms with van der Waals surface area (Å²) in [5.74, 6) is -0.0133. The molecule has 0 atom stereocenters. The predicted octanol–water partition coefficient (Wildman–Crippen LogP) is 4.66. The molecule has 1 aliphatic heterocycles. The average Bonchev–Trinajstić information content (AvgIpc) is 3.41. The van der Waals surface area contributed by atoms with E-state index >= 15 is 0 Å². The molecule has 1 aromatic carbocycles. The van der Waals surface area contributed by atoms with E-state index in [1.54, 1.807) is 17.5 Å². The number of carbonyl (C=O) groups excluding carboxylic acids is 1. The van der Waals surface area contributed by atoms with E-state index in [9.17, 15) is 4.79 Å². The van der Waals surface area contributed by atoms with Crippen molar-refractivity contribution in [3.8, 4) is 21.8 Å². The number of thiazole rings is 1. The number of pyridine rings is 1. The van der Waals surface area contributed by atoms with Crippen LogP contribution >= 0.6 is 11.3 Å². The van der Waals surface area contributed by atoms with Gasteiger partial charge < -0.3 is 10.3 Å². The lowest BCUT2D eigenvalue weighted by Crippen LogP contribution is -2.31. The number of fused-ring (bicyclic) bond motifs is 1. The maximum absolute atomic E-state index is 12.0. The first-order valence-electron chi connectivity index (χ1n) is 9.42. The van der Waals surface area contributed by atoms with Crippen LogP contribution in [0.4, 0.5) is 0 Å². The van der Waals surface area contributed by atoms with Crippen molar-refractivity contribution in [2.75, 3.05) is 6.54 Å². The summed E-state index contributed by atoms with van der Waals surface area (Å²) in [6.45, 7) is 0.675. The summed E-state index contributed by atoms with van der Waals surface area (Å²) >= 11 is 1.63. The van der Waals surface area contributed by atoms with Crippen LogP contribution in [-0.4, -0.2) is 27.4 Å². The first-order chi connectivity index (χ1) is 14.3. The number of hydrogen-bond acceptors (Lipinski definition) is 4. The van der Waals surface area contributed by atoms with Gasteiger partial charge in [-0.2, -0.15) is 0 Å². The largest absolute Gasteiger partial charge is 0.358 e. The maximum atomic E-state index is 12.0. The maximum Gasteiger partial charge on any atom is 0.253 e. The van der Waals surface area contributed by atoms with Gasteiger partial charge in [-0.1, -0.05) is 30.3 Å². The lowest BCUT2D eigenvalue weighted by Gasteiger charge is -2.10. The van der Waals surface area contributed by atoms with Gasteiger partial charge in [-0.15, -0.1) is 11.3 Å². The number of H-pyrrole nitrogens is 1. The summed E-state index contributed by atoms with van der Waals surface area (Å²) in [5, 5.41) is 5.92. The SMILES string of the molecule is O=C1NCCc2[nH]c(-c3ccnc(/C=C/c4csc(-c5ccccc5)n4)c3)cc21. The van der Waals surface area contributed by atoms with Crippen LogP contribution in [0.1, 0.15) is 27.4 Å². The van der Waals surface area contributed by atoms with Crippen LogP contribution in [0.15, 0.2) is 60.1 Å². The van der Waals surface area contributed by atoms with Crippen LogP contribution in [0.25, 0.3) is 34.0 Å². The number of aromatic amines is 1. The third-order valence-corrected chi connectivity index (χ3v) is 5.77. The zero-order valence-electron chi connectivity index (χ0n) is 15.6. The minimum atomic E-state index is -0.0133. The van der Waals surface area contributed by atoms with Gasteiger partial charge >= 0.3 is 0 Å². The van der Waals surface area contributed by atoms with Crippen molar-refractivity contribution in [1.29, 1.82) is 0 Å². The molecule has 0 saturated heterocycles. The smallest absolute Gasteiger partial charge is 0.253 e. The second-order valence-corrected chi connectivity index (χ2v) is 7.69. The first-order valence-corrected chi connectivity index (χ1v) is 10.3. The van der Waals surface area contributed by atoms with Gasteiger partial charge in [0.1, 0.15) is 5.01 Å². The Morgan fingerprint density at radius 2 is 1.86 bits per heavy atom. The molecule has 1 aliphatic rings. The molecule has 4 heterocycles. The highest BCUT2D eigenvalue weighted by Gasteiger charge is 2.19. The normalized spacial score (nSPS) is 13.4. The molecule has 0 fully saturated rings. The second kappa shape index (κ2) is 7.48. The summed E-state index contributed by atoms with van der Waals surface area (Å²) in [6.07, 6.45) is 6.54. The quantitative estimate of drug-likeness (QED) is 0.525. The molecule has 29 heavy (non-hydrogen) atoms. The molecule has 0 saturated carbocycles. The molecule has 1 amide bonds. The molecule has 0 unspecified atom stereocenters. The number of amides is 1. The van der Waals surface area contributed by atoms with E-state index in [4.69, 9.17) is 0 Å². The van der Waals surface area contributed by atoms with Crippen LogP contribution in [0.5, 0.6) is 0 Å². The number of benzene rings is 1. The van der Waals surface area contributed by atoms with Crippen molar-refractivity contribution in [3.05, 3.63) is 82.8 Å². The molecule has 5 rings (SSSR count). The summed E-state index contributed by atoms with van der Waals surface area (Å²) < 4.78 is 0. The lowest BCUT2D eigenvalue weighted by atomic mass is 10.1. The molecule has 4 aromatic rings. The first kappa shape index (κ1) is 17.6. The van der Waals surface area contributed by atoms with Gasteiger partial charge in [0.25, 0.3) is 5.91 Å². The van der Waals surface area contributed by atoms with Gasteiger partial charge in [0, 0.05) is 47.1 Å². The molecule has 0 bridgehead atoms. The predicted molar refractivity (Wildman–Crippen MR) is 117 cm³/mol. The van der Waals surface area contributed by atoms with E-state index in [0.29, 0.717) is 6.54 Å². The third kappa shape index (κ3) is 3.62. The summed E-state index contributed by atoms with van der Waals surface area (Å²) in [6, 6.07) is 16.0. The molecule has 0 radical (unpaired) electrons. The lowest BCUT2D eigenvalue weighted by molar-refractivity contribution is 0.0946. The second-order valence-electron chi connectivity index (χ2n) is 6.83. The summed E-state index contributed by atoms with van der Waals surface area (Å²) in [4.78, 5) is 24.5. The summed E-state index contributed by atoms with van der Waals surface area (Å²) in [7, 11) is 0. The Morgan fingerprint density at radius 3 is 2.72 bits per heavy atom. The Bertz CT molecular complexity index is 1210. The Hall–Kier alpha value is -3.51. The van der Waals surface area contributed by atoms with Gasteiger partial charge in [0.2, 0.25) is 0 Å². The van der Waals surface area contributed by atoms with E-state index in [0.717, 1.165) is 50.9 Å². The zero-order chi connectivity index (χ0) is 19.6. The fourth-order valence-electron chi connectivity index (χ4n) is 3.40. The van der Waals surface area contributed by atoms with Crippen LogP contribution < -0.4 is 5.32 Å². The standard InChI is InChI=1S/C23H18N4OS/c28-22-19-13-21(27-20(19)9-11-25-22)16-8-10-24-17(12-16)6-7-18-14-29-23(26-18)15-4-2-1-3-5-15/h1-8,10,12-14,27H,9,11H2,(H,25,28)/b7-6+. The van der Waals surface area contributed by atoms with Gasteiger partial charge in [-0.25, -0.2) is 4.98 Å². The van der Waals surface area contributed by atoms with Crippen LogP contribution in [0, 0.1) is 0 Å². The van der Waals surface area contributed by atoms with Crippen molar-refractivity contribution < 1.29 is 4.79 Å². The molecule has 6 heteroatoms. The van der Waals surface area contributed by atoms with E-state index in [1.165, 1.54) is 0 Å². The number of nitrogens with zero attached hydrogens (tertiary/aromatic N) is 2. The van der Waals surface area contributed by atoms with Crippen molar-refractivity contribution in [1.82, 2.24) is 20.3 Å². The van der Waals surface area contributed by atoms with Gasteiger partial charge in [-0.05, 0) is 30.4 Å². The highest BCUT2D eigenvalue weighted by atomic mass is 32.1. The van der Waals surface area contributed by atoms with Crippen LogP contribution in [-0.2, 0) is 6.42 Å². The highest BCUT2D eigenvalue weighted by molar-refractivity contribution is 7.13. The Morgan fingerprint density at radius 1 is 1.00 bits per heavy atom. The van der Waals surface area contributed by atoms with Crippen molar-refractivity contribution in [3.63, 3.8) is 0 Å². The number of rotatable bonds is 4. The molecule has 0 spiro atoms. The molecule has 142 valence electrons. The Kier molecular flexibility index (Phi) is 4.54. The molecular weight excluding hydrogens is 380 g/mol. The van der Waals surface area contributed by atoms with E-state index in [-0.39, 0.29) is 5.91 Å². The molecule has 0 aliphatic carbocycles. The Balaban J connectivity index is 1.38. The topological polar surface area (TPSA) is 70.7 Å². The molecule has 2 N–H and O–H groups in total. The average molecular weight is 398 g/mol. The highest BCUT2D eigenvalue weighted by Crippen LogP contribution is 2.26. The fourth-order valence-corrected chi connectivity index (χ4v) is 4.20. The van der Waals surface area contributed by atoms with Gasteiger partial charge in [0.15, 0.2) is 0 Å². The van der Waals surface area contributed by atoms with E-state index < -0.39 is 0 Å². The van der Waals surface area contributed by atoms with E-state index in [2.05, 4.69) is 32.4 Å². The monoisotopic (exact) mass is 398 g/mol. The van der Waals surface area contributed by atoms with Crippen LogP contribution in [0.3, 0.4) is 0 Å². The van der Waals surface area contributed by atoms with Gasteiger partial charge in [-0.3, -0.25) is 9.78 Å². The Labute approximate surface area is 172 Å². The fraction of sp³-hybridized carbons (Fsp3) is 0.0870. The minimum absolute atomic E-state index is 0.0133. The zero-order valence-corrected chi connectivity index (χ0v) is 16.4. The molecule has 5 nitrogen and oxygen atoms in total. The van der Waals surface area contributed by atoms with Gasteiger partial charge in [0.05, 0.1) is 17.0 Å². The number of nitrogens with one attached hydrogen (secondary N) is 2. The number of aromatic nitrogens is 3. The van der Waals surface area contributed by atoms with E-state index in [1.807, 2.05) is 53.9 Å². The number of carbonyl (C=O) groups is 1. The molecular formula is C23H18N4OS. The third-order valence-electron chi connectivity index (χ3n) is 4.86. The van der Waals surface area contributed by atoms with Crippen molar-refractivity contribution in [2.45, 2.75) is 6.42 Å². The molecule has 3 aromatic heterocycles. The van der Waals surface area contributed by atoms with Crippen molar-refractivity contribution >= 4 is 29.4 Å².